The topological polar surface area (TPSA) is 140 Å². The number of hydrogen-bond donors (Lipinski definition) is 2. The molecule has 0 saturated heterocycles. The minimum Gasteiger partial charge on any atom is -0.449 e. The summed E-state index contributed by atoms with van der Waals surface area (Å²) in [6.07, 6.45) is -0.118. The standard InChI is InChI=1S/C34H40FN5O6S/c1-7-31-37-29-15-14-25(36-33(42)39(6)22(4)5)19-27(29)32(41)40(31)20-24-13-12-23(18-28(24)35)26-10-8-9-11-30(26)47(44,45)38-34(43)46-17-16-21(2)3/h8-15,18-19,21-22H,7,16-17,20H2,1-6H3,(H,36,42)(H,38,43). The van der Waals surface area contributed by atoms with Gasteiger partial charge in [0.25, 0.3) is 15.6 Å². The number of carbonyl (C=O) groups excluding carboxylic acids is 2. The average Bonchev–Trinajstić information content (AvgIpc) is 3.02. The first-order valence-electron chi connectivity index (χ1n) is 15.4. The number of nitrogens with zero attached hydrogens (tertiary/aromatic N) is 3. The fraction of sp³-hybridized carbons (Fsp3) is 0.353. The third kappa shape index (κ3) is 8.33. The smallest absolute Gasteiger partial charge is 0.421 e. The number of amides is 3. The molecule has 13 heteroatoms. The molecule has 0 aliphatic carbocycles. The highest BCUT2D eigenvalue weighted by Gasteiger charge is 2.23. The molecule has 4 aromatic rings. The number of sulfonamides is 1. The Balaban J connectivity index is 1.63. The van der Waals surface area contributed by atoms with Crippen LogP contribution in [0.4, 0.5) is 19.7 Å². The second-order valence-corrected chi connectivity index (χ2v) is 13.5. The van der Waals surface area contributed by atoms with Crippen molar-refractivity contribution in [3.63, 3.8) is 0 Å². The van der Waals surface area contributed by atoms with Crippen LogP contribution >= 0.6 is 0 Å². The lowest BCUT2D eigenvalue weighted by Gasteiger charge is -2.22. The minimum atomic E-state index is -4.35. The second-order valence-electron chi connectivity index (χ2n) is 11.9. The number of hydrogen-bond acceptors (Lipinski definition) is 7. The highest BCUT2D eigenvalue weighted by Crippen LogP contribution is 2.29. The Bertz CT molecular complexity index is 1960. The Morgan fingerprint density at radius 1 is 1.04 bits per heavy atom. The maximum atomic E-state index is 15.7. The van der Waals surface area contributed by atoms with Gasteiger partial charge in [0.2, 0.25) is 0 Å². The largest absolute Gasteiger partial charge is 0.449 e. The zero-order valence-corrected chi connectivity index (χ0v) is 28.2. The van der Waals surface area contributed by atoms with Crippen LogP contribution in [0.3, 0.4) is 0 Å². The van der Waals surface area contributed by atoms with Crippen LogP contribution in [0.1, 0.15) is 52.4 Å². The van der Waals surface area contributed by atoms with Gasteiger partial charge in [-0.1, -0.05) is 51.1 Å². The van der Waals surface area contributed by atoms with E-state index in [1.165, 1.54) is 39.8 Å². The molecule has 0 atom stereocenters. The second kappa shape index (κ2) is 14.8. The molecule has 0 radical (unpaired) electrons. The van der Waals surface area contributed by atoms with Gasteiger partial charge in [0.15, 0.2) is 0 Å². The monoisotopic (exact) mass is 665 g/mol. The van der Waals surface area contributed by atoms with Gasteiger partial charge in [0, 0.05) is 36.3 Å². The van der Waals surface area contributed by atoms with E-state index in [1.807, 2.05) is 39.3 Å². The highest BCUT2D eigenvalue weighted by atomic mass is 32.2. The van der Waals surface area contributed by atoms with E-state index in [0.717, 1.165) is 0 Å². The molecular formula is C34H40FN5O6S. The molecular weight excluding hydrogens is 625 g/mol. The Morgan fingerprint density at radius 2 is 1.77 bits per heavy atom. The lowest BCUT2D eigenvalue weighted by Crippen LogP contribution is -2.36. The van der Waals surface area contributed by atoms with Crippen LogP contribution in [0.5, 0.6) is 0 Å². The number of carbonyl (C=O) groups is 2. The van der Waals surface area contributed by atoms with Crippen molar-refractivity contribution in [2.45, 2.75) is 64.9 Å². The van der Waals surface area contributed by atoms with Crippen LogP contribution in [0, 0.1) is 11.7 Å². The van der Waals surface area contributed by atoms with E-state index in [0.29, 0.717) is 29.9 Å². The molecule has 3 amide bonds. The fourth-order valence-electron chi connectivity index (χ4n) is 4.76. The quantitative estimate of drug-likeness (QED) is 0.196. The molecule has 4 rings (SSSR count). The van der Waals surface area contributed by atoms with Gasteiger partial charge >= 0.3 is 12.1 Å². The number of benzene rings is 3. The van der Waals surface area contributed by atoms with Crippen molar-refractivity contribution in [1.82, 2.24) is 19.2 Å². The van der Waals surface area contributed by atoms with Crippen LogP contribution in [0.2, 0.25) is 0 Å². The van der Waals surface area contributed by atoms with E-state index in [2.05, 4.69) is 10.3 Å². The normalized spacial score (nSPS) is 11.6. The molecule has 1 aromatic heterocycles. The summed E-state index contributed by atoms with van der Waals surface area (Å²) in [5.74, 6) is 0.0550. The summed E-state index contributed by atoms with van der Waals surface area (Å²) < 4.78 is 50.2. The van der Waals surface area contributed by atoms with E-state index in [-0.39, 0.29) is 58.1 Å². The minimum absolute atomic E-state index is 0.0273. The third-order valence-corrected chi connectivity index (χ3v) is 9.08. The van der Waals surface area contributed by atoms with Crippen LogP contribution in [0.25, 0.3) is 22.0 Å². The van der Waals surface area contributed by atoms with Gasteiger partial charge in [-0.05, 0) is 62.1 Å². The Hall–Kier alpha value is -4.78. The summed E-state index contributed by atoms with van der Waals surface area (Å²) in [6.45, 7) is 9.43. The fourth-order valence-corrected chi connectivity index (χ4v) is 5.88. The van der Waals surface area contributed by atoms with Crippen LogP contribution in [0.15, 0.2) is 70.4 Å². The Labute approximate surface area is 273 Å². The van der Waals surface area contributed by atoms with Gasteiger partial charge in [-0.2, -0.15) is 0 Å². The average molecular weight is 666 g/mol. The maximum absolute atomic E-state index is 15.7. The van der Waals surface area contributed by atoms with Gasteiger partial charge in [-0.25, -0.2) is 32.1 Å². The molecule has 47 heavy (non-hydrogen) atoms. The highest BCUT2D eigenvalue weighted by molar-refractivity contribution is 7.90. The lowest BCUT2D eigenvalue weighted by atomic mass is 10.0. The molecule has 0 unspecified atom stereocenters. The van der Waals surface area contributed by atoms with Gasteiger partial charge in [0.05, 0.1) is 29.0 Å². The van der Waals surface area contributed by atoms with E-state index in [4.69, 9.17) is 4.74 Å². The van der Waals surface area contributed by atoms with Gasteiger partial charge in [-0.3, -0.25) is 9.36 Å². The number of anilines is 1. The number of nitrogens with one attached hydrogen (secondary N) is 2. The Morgan fingerprint density at radius 3 is 2.43 bits per heavy atom. The maximum Gasteiger partial charge on any atom is 0.421 e. The number of aryl methyl sites for hydroxylation is 1. The van der Waals surface area contributed by atoms with E-state index >= 15 is 4.39 Å². The predicted molar refractivity (Wildman–Crippen MR) is 179 cm³/mol. The molecule has 3 aromatic carbocycles. The van der Waals surface area contributed by atoms with Gasteiger partial charge in [0.1, 0.15) is 11.6 Å². The SMILES string of the molecule is CCc1nc2ccc(NC(=O)N(C)C(C)C)cc2c(=O)n1Cc1ccc(-c2ccccc2S(=O)(=O)NC(=O)OCCC(C)C)cc1F. The summed E-state index contributed by atoms with van der Waals surface area (Å²) >= 11 is 0. The summed E-state index contributed by atoms with van der Waals surface area (Å²) in [4.78, 5) is 44.4. The van der Waals surface area contributed by atoms with Crippen molar-refractivity contribution >= 4 is 38.7 Å². The number of halogens is 1. The van der Waals surface area contributed by atoms with Gasteiger partial charge in [-0.15, -0.1) is 0 Å². The van der Waals surface area contributed by atoms with Crippen LogP contribution in [-0.2, 0) is 27.7 Å². The summed E-state index contributed by atoms with van der Waals surface area (Å²) in [7, 11) is -2.68. The van der Waals surface area contributed by atoms with Gasteiger partial charge < -0.3 is 15.0 Å². The Kier molecular flexibility index (Phi) is 11.0. The van der Waals surface area contributed by atoms with Crippen molar-refractivity contribution in [2.24, 2.45) is 5.92 Å². The van der Waals surface area contributed by atoms with Crippen molar-refractivity contribution in [3.8, 4) is 11.1 Å². The first kappa shape index (κ1) is 35.1. The number of aromatic nitrogens is 2. The lowest BCUT2D eigenvalue weighted by molar-refractivity contribution is 0.146. The van der Waals surface area contributed by atoms with E-state index in [9.17, 15) is 22.8 Å². The van der Waals surface area contributed by atoms with Crippen molar-refractivity contribution in [3.05, 3.63) is 88.2 Å². The number of rotatable bonds is 11. The van der Waals surface area contributed by atoms with E-state index in [1.54, 1.807) is 37.4 Å². The molecule has 250 valence electrons. The number of urea groups is 1. The number of ether oxygens (including phenoxy) is 1. The predicted octanol–water partition coefficient (Wildman–Crippen LogP) is 6.15. The molecule has 0 fully saturated rings. The third-order valence-electron chi connectivity index (χ3n) is 7.71. The molecule has 1 heterocycles. The van der Waals surface area contributed by atoms with Crippen molar-refractivity contribution < 1.29 is 27.1 Å². The first-order valence-corrected chi connectivity index (χ1v) is 16.8. The molecule has 0 aliphatic heterocycles. The van der Waals surface area contributed by atoms with Crippen molar-refractivity contribution in [2.75, 3.05) is 19.0 Å². The molecule has 0 bridgehead atoms. The zero-order chi connectivity index (χ0) is 34.5. The molecule has 11 nitrogen and oxygen atoms in total. The van der Waals surface area contributed by atoms with Crippen LogP contribution in [-0.4, -0.2) is 54.7 Å². The molecule has 0 spiro atoms. The molecule has 2 N–H and O–H groups in total. The molecule has 0 aliphatic rings. The van der Waals surface area contributed by atoms with Crippen LogP contribution < -0.4 is 15.6 Å². The van der Waals surface area contributed by atoms with E-state index < -0.39 is 27.5 Å². The summed E-state index contributed by atoms with van der Waals surface area (Å²) in [5.41, 5.74) is 1.09. The number of fused-ring (bicyclic) bond motifs is 1. The summed E-state index contributed by atoms with van der Waals surface area (Å²) in [5, 5.41) is 3.05. The molecule has 0 saturated carbocycles. The summed E-state index contributed by atoms with van der Waals surface area (Å²) in [6, 6.07) is 14.7. The zero-order valence-electron chi connectivity index (χ0n) is 27.3. The first-order chi connectivity index (χ1) is 22.2. The van der Waals surface area contributed by atoms with Crippen molar-refractivity contribution in [1.29, 1.82) is 0 Å².